The van der Waals surface area contributed by atoms with Crippen molar-refractivity contribution in [3.8, 4) is 0 Å². The SMILES string of the molecule is CN(C(=O)[C@H](N)c1ccccc1)C1CC1. The zero-order valence-corrected chi connectivity index (χ0v) is 8.89. The summed E-state index contributed by atoms with van der Waals surface area (Å²) in [7, 11) is 1.84. The lowest BCUT2D eigenvalue weighted by molar-refractivity contribution is -0.131. The lowest BCUT2D eigenvalue weighted by atomic mass is 10.1. The molecule has 1 aromatic rings. The van der Waals surface area contributed by atoms with E-state index in [2.05, 4.69) is 0 Å². The Morgan fingerprint density at radius 1 is 1.40 bits per heavy atom. The molecule has 0 saturated heterocycles. The molecule has 0 unspecified atom stereocenters. The average molecular weight is 204 g/mol. The highest BCUT2D eigenvalue weighted by Crippen LogP contribution is 2.27. The van der Waals surface area contributed by atoms with Gasteiger partial charge in [-0.2, -0.15) is 0 Å². The maximum absolute atomic E-state index is 11.9. The molecule has 0 bridgehead atoms. The molecule has 1 aromatic carbocycles. The van der Waals surface area contributed by atoms with Gasteiger partial charge in [0.25, 0.3) is 0 Å². The topological polar surface area (TPSA) is 46.3 Å². The van der Waals surface area contributed by atoms with Crippen LogP contribution in [0.3, 0.4) is 0 Å². The van der Waals surface area contributed by atoms with Crippen LogP contribution < -0.4 is 5.73 Å². The Morgan fingerprint density at radius 3 is 2.53 bits per heavy atom. The maximum atomic E-state index is 11.9. The van der Waals surface area contributed by atoms with Crippen LogP contribution in [0.2, 0.25) is 0 Å². The molecule has 80 valence electrons. The van der Waals surface area contributed by atoms with E-state index in [1.165, 1.54) is 0 Å². The molecule has 0 aromatic heterocycles. The van der Waals surface area contributed by atoms with Gasteiger partial charge in [0.2, 0.25) is 5.91 Å². The number of likely N-dealkylation sites (N-methyl/N-ethyl adjacent to an activating group) is 1. The van der Waals surface area contributed by atoms with Gasteiger partial charge in [0.05, 0.1) is 0 Å². The molecular weight excluding hydrogens is 188 g/mol. The number of benzene rings is 1. The van der Waals surface area contributed by atoms with Gasteiger partial charge in [0, 0.05) is 13.1 Å². The summed E-state index contributed by atoms with van der Waals surface area (Å²) in [5.74, 6) is 0.0173. The van der Waals surface area contributed by atoms with Gasteiger partial charge in [-0.1, -0.05) is 30.3 Å². The molecule has 0 heterocycles. The van der Waals surface area contributed by atoms with Crippen LogP contribution >= 0.6 is 0 Å². The number of carbonyl (C=O) groups is 1. The van der Waals surface area contributed by atoms with Crippen molar-refractivity contribution in [1.82, 2.24) is 4.90 Å². The zero-order valence-electron chi connectivity index (χ0n) is 8.89. The fraction of sp³-hybridized carbons (Fsp3) is 0.417. The first-order valence-corrected chi connectivity index (χ1v) is 5.27. The van der Waals surface area contributed by atoms with E-state index in [1.807, 2.05) is 37.4 Å². The van der Waals surface area contributed by atoms with E-state index in [4.69, 9.17) is 5.73 Å². The second-order valence-electron chi connectivity index (χ2n) is 4.07. The van der Waals surface area contributed by atoms with Crippen molar-refractivity contribution < 1.29 is 4.79 Å². The number of amides is 1. The lowest BCUT2D eigenvalue weighted by Crippen LogP contribution is -2.37. The van der Waals surface area contributed by atoms with Gasteiger partial charge < -0.3 is 10.6 Å². The lowest BCUT2D eigenvalue weighted by Gasteiger charge is -2.21. The summed E-state index contributed by atoms with van der Waals surface area (Å²) in [4.78, 5) is 13.7. The van der Waals surface area contributed by atoms with E-state index in [1.54, 1.807) is 4.90 Å². The Balaban J connectivity index is 2.07. The summed E-state index contributed by atoms with van der Waals surface area (Å²) in [5.41, 5.74) is 6.80. The monoisotopic (exact) mass is 204 g/mol. The van der Waals surface area contributed by atoms with Gasteiger partial charge in [-0.25, -0.2) is 0 Å². The molecule has 2 rings (SSSR count). The van der Waals surface area contributed by atoms with E-state index in [0.29, 0.717) is 6.04 Å². The molecule has 0 spiro atoms. The second-order valence-corrected chi connectivity index (χ2v) is 4.07. The molecule has 1 atom stereocenters. The number of nitrogens with two attached hydrogens (primary N) is 1. The van der Waals surface area contributed by atoms with Crippen molar-refractivity contribution in [3.05, 3.63) is 35.9 Å². The fourth-order valence-corrected chi connectivity index (χ4v) is 1.66. The molecule has 1 amide bonds. The Hall–Kier alpha value is -1.35. The van der Waals surface area contributed by atoms with Crippen LogP contribution in [0.15, 0.2) is 30.3 Å². The molecule has 3 heteroatoms. The van der Waals surface area contributed by atoms with Gasteiger partial charge in [0.15, 0.2) is 0 Å². The Morgan fingerprint density at radius 2 is 2.00 bits per heavy atom. The van der Waals surface area contributed by atoms with Gasteiger partial charge in [-0.3, -0.25) is 4.79 Å². The third-order valence-electron chi connectivity index (χ3n) is 2.87. The molecule has 0 aliphatic heterocycles. The van der Waals surface area contributed by atoms with Crippen LogP contribution in [-0.2, 0) is 4.79 Å². The van der Waals surface area contributed by atoms with Gasteiger partial charge in [-0.05, 0) is 18.4 Å². The minimum absolute atomic E-state index is 0.0173. The molecular formula is C12H16N2O. The van der Waals surface area contributed by atoms with E-state index in [0.717, 1.165) is 18.4 Å². The average Bonchev–Trinajstić information content (AvgIpc) is 3.11. The van der Waals surface area contributed by atoms with Gasteiger partial charge in [0.1, 0.15) is 6.04 Å². The molecule has 1 aliphatic rings. The minimum atomic E-state index is -0.517. The Kier molecular flexibility index (Phi) is 2.73. The van der Waals surface area contributed by atoms with E-state index in [9.17, 15) is 4.79 Å². The Labute approximate surface area is 89.9 Å². The molecule has 3 nitrogen and oxygen atoms in total. The van der Waals surface area contributed by atoms with Crippen LogP contribution in [0.1, 0.15) is 24.4 Å². The highest BCUT2D eigenvalue weighted by atomic mass is 16.2. The van der Waals surface area contributed by atoms with Crippen molar-refractivity contribution in [2.45, 2.75) is 24.9 Å². The number of hydrogen-bond donors (Lipinski definition) is 1. The number of carbonyl (C=O) groups excluding carboxylic acids is 1. The number of rotatable bonds is 3. The predicted molar refractivity (Wildman–Crippen MR) is 59.2 cm³/mol. The number of hydrogen-bond acceptors (Lipinski definition) is 2. The highest BCUT2D eigenvalue weighted by Gasteiger charge is 2.32. The molecule has 1 saturated carbocycles. The number of nitrogens with zero attached hydrogens (tertiary/aromatic N) is 1. The van der Waals surface area contributed by atoms with E-state index in [-0.39, 0.29) is 5.91 Å². The molecule has 1 fully saturated rings. The first kappa shape index (κ1) is 10.2. The summed E-state index contributed by atoms with van der Waals surface area (Å²) in [6, 6.07) is 9.42. The first-order valence-electron chi connectivity index (χ1n) is 5.27. The summed E-state index contributed by atoms with van der Waals surface area (Å²) in [6.07, 6.45) is 2.23. The predicted octanol–water partition coefficient (Wildman–Crippen LogP) is 1.31. The molecule has 2 N–H and O–H groups in total. The van der Waals surface area contributed by atoms with Gasteiger partial charge >= 0.3 is 0 Å². The van der Waals surface area contributed by atoms with Crippen LogP contribution in [0, 0.1) is 0 Å². The van der Waals surface area contributed by atoms with Crippen molar-refractivity contribution in [1.29, 1.82) is 0 Å². The van der Waals surface area contributed by atoms with Crippen molar-refractivity contribution in [2.75, 3.05) is 7.05 Å². The smallest absolute Gasteiger partial charge is 0.244 e. The fourth-order valence-electron chi connectivity index (χ4n) is 1.66. The third-order valence-corrected chi connectivity index (χ3v) is 2.87. The van der Waals surface area contributed by atoms with Crippen LogP contribution in [0.5, 0.6) is 0 Å². The first-order chi connectivity index (χ1) is 7.20. The molecule has 0 radical (unpaired) electrons. The van der Waals surface area contributed by atoms with Gasteiger partial charge in [-0.15, -0.1) is 0 Å². The quantitative estimate of drug-likeness (QED) is 0.806. The summed E-state index contributed by atoms with van der Waals surface area (Å²) >= 11 is 0. The standard InChI is InChI=1S/C12H16N2O/c1-14(10-7-8-10)12(15)11(13)9-5-3-2-4-6-9/h2-6,10-11H,7-8,13H2,1H3/t11-/m1/s1. The molecule has 15 heavy (non-hydrogen) atoms. The van der Waals surface area contributed by atoms with Crippen molar-refractivity contribution in [3.63, 3.8) is 0 Å². The normalized spacial score (nSPS) is 17.2. The largest absolute Gasteiger partial charge is 0.341 e. The molecule has 1 aliphatic carbocycles. The summed E-state index contributed by atoms with van der Waals surface area (Å²) < 4.78 is 0. The van der Waals surface area contributed by atoms with E-state index < -0.39 is 6.04 Å². The van der Waals surface area contributed by atoms with E-state index >= 15 is 0 Å². The van der Waals surface area contributed by atoms with Crippen LogP contribution in [0.4, 0.5) is 0 Å². The maximum Gasteiger partial charge on any atom is 0.244 e. The zero-order chi connectivity index (χ0) is 10.8. The summed E-state index contributed by atoms with van der Waals surface area (Å²) in [6.45, 7) is 0. The minimum Gasteiger partial charge on any atom is -0.341 e. The van der Waals surface area contributed by atoms with Crippen LogP contribution in [0.25, 0.3) is 0 Å². The van der Waals surface area contributed by atoms with Crippen LogP contribution in [-0.4, -0.2) is 23.9 Å². The van der Waals surface area contributed by atoms with Crippen molar-refractivity contribution in [2.24, 2.45) is 5.73 Å². The summed E-state index contributed by atoms with van der Waals surface area (Å²) in [5, 5.41) is 0. The highest BCUT2D eigenvalue weighted by molar-refractivity contribution is 5.83. The third kappa shape index (κ3) is 2.18. The Bertz CT molecular complexity index is 346. The second kappa shape index (κ2) is 4.03. The van der Waals surface area contributed by atoms with Crippen molar-refractivity contribution >= 4 is 5.91 Å².